The number of ether oxygens (including phenoxy) is 2. The molecule has 8 heteroatoms. The van der Waals surface area contributed by atoms with Crippen LogP contribution in [0.4, 0.5) is 4.39 Å². The Labute approximate surface area is 203 Å². The van der Waals surface area contributed by atoms with E-state index in [0.29, 0.717) is 36.1 Å². The fraction of sp³-hybridized carbons (Fsp3) is 0.444. The van der Waals surface area contributed by atoms with Gasteiger partial charge in [0.15, 0.2) is 5.75 Å². The van der Waals surface area contributed by atoms with E-state index in [1.165, 1.54) is 6.07 Å². The lowest BCUT2D eigenvalue weighted by Crippen LogP contribution is -2.59. The Morgan fingerprint density at radius 1 is 1.20 bits per heavy atom. The van der Waals surface area contributed by atoms with Crippen molar-refractivity contribution in [3.8, 4) is 16.9 Å². The molecule has 1 saturated carbocycles. The molecule has 0 radical (unpaired) electrons. The van der Waals surface area contributed by atoms with Crippen molar-refractivity contribution in [1.82, 2.24) is 19.8 Å². The van der Waals surface area contributed by atoms with Gasteiger partial charge in [0.2, 0.25) is 5.91 Å². The molecule has 3 aromatic rings. The molecule has 3 fully saturated rings. The highest BCUT2D eigenvalue weighted by molar-refractivity contribution is 5.92. The highest BCUT2D eigenvalue weighted by Gasteiger charge is 2.46. The molecule has 0 atom stereocenters. The van der Waals surface area contributed by atoms with Gasteiger partial charge >= 0.3 is 0 Å². The minimum absolute atomic E-state index is 0.116. The maximum absolute atomic E-state index is 15.2. The van der Waals surface area contributed by atoms with Gasteiger partial charge in [0.1, 0.15) is 17.9 Å². The zero-order valence-electron chi connectivity index (χ0n) is 19.9. The molecule has 4 heterocycles. The number of carbonyl (C=O) groups is 1. The predicted octanol–water partition coefficient (Wildman–Crippen LogP) is 3.80. The molecule has 1 spiro atoms. The van der Waals surface area contributed by atoms with Gasteiger partial charge in [0.05, 0.1) is 24.9 Å². The number of amides is 1. The van der Waals surface area contributed by atoms with Crippen LogP contribution in [0.25, 0.3) is 22.0 Å². The van der Waals surface area contributed by atoms with Gasteiger partial charge in [0, 0.05) is 54.6 Å². The molecule has 2 saturated heterocycles. The highest BCUT2D eigenvalue weighted by Crippen LogP contribution is 2.38. The van der Waals surface area contributed by atoms with E-state index in [1.807, 2.05) is 29.2 Å². The van der Waals surface area contributed by atoms with E-state index >= 15 is 4.39 Å². The van der Waals surface area contributed by atoms with Gasteiger partial charge < -0.3 is 14.4 Å². The summed E-state index contributed by atoms with van der Waals surface area (Å²) in [5.74, 6) is 0.403. The fourth-order valence-electron chi connectivity index (χ4n) is 5.38. The Morgan fingerprint density at radius 3 is 2.77 bits per heavy atom. The molecule has 0 unspecified atom stereocenters. The van der Waals surface area contributed by atoms with Gasteiger partial charge in [-0.15, -0.1) is 0 Å². The Hall–Kier alpha value is -3.10. The number of aromatic nitrogens is 2. The lowest BCUT2D eigenvalue weighted by molar-refractivity contribution is -0.172. The average molecular weight is 477 g/mol. The Kier molecular flexibility index (Phi) is 5.65. The first-order valence-electron chi connectivity index (χ1n) is 12.3. The topological polar surface area (TPSA) is 67.8 Å². The van der Waals surface area contributed by atoms with Gasteiger partial charge in [-0.2, -0.15) is 0 Å². The van der Waals surface area contributed by atoms with Gasteiger partial charge in [-0.3, -0.25) is 19.7 Å². The second kappa shape index (κ2) is 8.84. The molecule has 0 N–H and O–H groups in total. The van der Waals surface area contributed by atoms with Crippen molar-refractivity contribution in [3.63, 3.8) is 0 Å². The summed E-state index contributed by atoms with van der Waals surface area (Å²) in [6, 6.07) is 9.67. The molecule has 0 bridgehead atoms. The van der Waals surface area contributed by atoms with E-state index < -0.39 is 0 Å². The smallest absolute Gasteiger partial charge is 0.248 e. The van der Waals surface area contributed by atoms with Crippen LogP contribution >= 0.6 is 0 Å². The molecular formula is C27H29FN4O3. The van der Waals surface area contributed by atoms with Crippen molar-refractivity contribution >= 4 is 16.8 Å². The van der Waals surface area contributed by atoms with E-state index in [2.05, 4.69) is 14.9 Å². The predicted molar refractivity (Wildman–Crippen MR) is 129 cm³/mol. The lowest BCUT2D eigenvalue weighted by Gasteiger charge is -2.47. The lowest BCUT2D eigenvalue weighted by atomic mass is 9.89. The SMILES string of the molecule is COc1c(-c2cnc(CN3CCC4(CC3)CN(C3CC3)C(=O)CO4)c(F)c2)ccc2cccnc12. The molecular weight excluding hydrogens is 447 g/mol. The first kappa shape index (κ1) is 22.4. The number of pyridine rings is 2. The van der Waals surface area contributed by atoms with Crippen LogP contribution in [0.3, 0.4) is 0 Å². The number of halogens is 1. The maximum Gasteiger partial charge on any atom is 0.248 e. The molecule has 1 aromatic carbocycles. The summed E-state index contributed by atoms with van der Waals surface area (Å²) in [6.07, 6.45) is 7.32. The van der Waals surface area contributed by atoms with Crippen LogP contribution in [0.5, 0.6) is 5.75 Å². The largest absolute Gasteiger partial charge is 0.494 e. The van der Waals surface area contributed by atoms with E-state index in [4.69, 9.17) is 9.47 Å². The number of nitrogens with zero attached hydrogens (tertiary/aromatic N) is 4. The summed E-state index contributed by atoms with van der Waals surface area (Å²) < 4.78 is 26.8. The highest BCUT2D eigenvalue weighted by atomic mass is 19.1. The van der Waals surface area contributed by atoms with Crippen molar-refractivity contribution in [2.45, 2.75) is 43.9 Å². The van der Waals surface area contributed by atoms with Crippen LogP contribution in [-0.4, -0.2) is 70.7 Å². The summed E-state index contributed by atoms with van der Waals surface area (Å²) in [4.78, 5) is 25.4. The molecule has 2 aromatic heterocycles. The number of fused-ring (bicyclic) bond motifs is 1. The van der Waals surface area contributed by atoms with Crippen LogP contribution in [0.2, 0.25) is 0 Å². The van der Waals surface area contributed by atoms with Crippen LogP contribution in [0.15, 0.2) is 42.7 Å². The molecule has 182 valence electrons. The second-order valence-corrected chi connectivity index (χ2v) is 9.87. The summed E-state index contributed by atoms with van der Waals surface area (Å²) in [5, 5.41) is 0.965. The van der Waals surface area contributed by atoms with Gasteiger partial charge in [-0.25, -0.2) is 4.39 Å². The number of rotatable bonds is 5. The minimum Gasteiger partial charge on any atom is -0.494 e. The Balaban J connectivity index is 1.15. The van der Waals surface area contributed by atoms with Gasteiger partial charge in [0.25, 0.3) is 0 Å². The first-order chi connectivity index (χ1) is 17.0. The average Bonchev–Trinajstić information content (AvgIpc) is 3.73. The second-order valence-electron chi connectivity index (χ2n) is 9.87. The summed E-state index contributed by atoms with van der Waals surface area (Å²) in [7, 11) is 1.60. The van der Waals surface area contributed by atoms with Gasteiger partial charge in [-0.05, 0) is 43.9 Å². The summed E-state index contributed by atoms with van der Waals surface area (Å²) >= 11 is 0. The van der Waals surface area contributed by atoms with E-state index in [9.17, 15) is 4.79 Å². The van der Waals surface area contributed by atoms with E-state index in [-0.39, 0.29) is 23.9 Å². The van der Waals surface area contributed by atoms with Crippen LogP contribution in [0, 0.1) is 5.82 Å². The van der Waals surface area contributed by atoms with Crippen LogP contribution < -0.4 is 4.74 Å². The molecule has 6 rings (SSSR count). The zero-order chi connectivity index (χ0) is 24.0. The van der Waals surface area contributed by atoms with E-state index in [0.717, 1.165) is 55.2 Å². The number of morpholine rings is 1. The molecule has 1 aliphatic carbocycles. The third-order valence-electron chi connectivity index (χ3n) is 7.57. The minimum atomic E-state index is -0.328. The molecule has 35 heavy (non-hydrogen) atoms. The third-order valence-corrected chi connectivity index (χ3v) is 7.57. The van der Waals surface area contributed by atoms with Crippen molar-refractivity contribution in [2.75, 3.05) is 33.4 Å². The number of benzene rings is 1. The zero-order valence-corrected chi connectivity index (χ0v) is 19.9. The Morgan fingerprint density at radius 2 is 2.03 bits per heavy atom. The summed E-state index contributed by atoms with van der Waals surface area (Å²) in [5.41, 5.74) is 2.34. The number of hydrogen-bond donors (Lipinski definition) is 0. The Bertz CT molecular complexity index is 1270. The van der Waals surface area contributed by atoms with Crippen LogP contribution in [-0.2, 0) is 16.1 Å². The number of hydrogen-bond acceptors (Lipinski definition) is 6. The number of carbonyl (C=O) groups excluding carboxylic acids is 1. The molecule has 1 amide bonds. The third kappa shape index (κ3) is 4.25. The number of likely N-dealkylation sites (tertiary alicyclic amines) is 1. The van der Waals surface area contributed by atoms with E-state index in [1.54, 1.807) is 19.5 Å². The van der Waals surface area contributed by atoms with Crippen molar-refractivity contribution in [3.05, 3.63) is 54.2 Å². The maximum atomic E-state index is 15.2. The molecule has 7 nitrogen and oxygen atoms in total. The molecule has 2 aliphatic heterocycles. The standard InChI is InChI=1S/C27H29FN4O3/c1-34-26-21(7-4-18-3-2-10-29-25(18)26)19-13-22(28)23(30-14-19)15-31-11-8-27(9-12-31)17-32(20-5-6-20)24(33)16-35-27/h2-4,7,10,13-14,20H,5-6,8-9,11-12,15-17H2,1H3. The van der Waals surface area contributed by atoms with Crippen molar-refractivity contribution in [2.24, 2.45) is 0 Å². The molecule has 3 aliphatic rings. The van der Waals surface area contributed by atoms with Crippen molar-refractivity contribution < 1.29 is 18.7 Å². The summed E-state index contributed by atoms with van der Waals surface area (Å²) in [6.45, 7) is 2.90. The fourth-order valence-corrected chi connectivity index (χ4v) is 5.38. The number of methoxy groups -OCH3 is 1. The first-order valence-corrected chi connectivity index (χ1v) is 12.3. The monoisotopic (exact) mass is 476 g/mol. The number of piperidine rings is 1. The normalized spacial score (nSPS) is 20.5. The van der Waals surface area contributed by atoms with Gasteiger partial charge in [-0.1, -0.05) is 12.1 Å². The van der Waals surface area contributed by atoms with Crippen LogP contribution in [0.1, 0.15) is 31.4 Å². The quantitative estimate of drug-likeness (QED) is 0.558. The van der Waals surface area contributed by atoms with Crippen molar-refractivity contribution in [1.29, 1.82) is 0 Å².